The Kier molecular flexibility index (Phi) is 4.61. The number of anilines is 1. The first kappa shape index (κ1) is 16.2. The zero-order valence-corrected chi connectivity index (χ0v) is 14.0. The molecule has 0 atom stereocenters. The Hall–Kier alpha value is -2.67. The van der Waals surface area contributed by atoms with Gasteiger partial charge in [0.2, 0.25) is 5.91 Å². The van der Waals surface area contributed by atoms with Gasteiger partial charge < -0.3 is 5.32 Å². The fraction of sp³-hybridized carbons (Fsp3) is 0.235. The number of hydrogen-bond donors (Lipinski definition) is 2. The van der Waals surface area contributed by atoms with Crippen LogP contribution in [0.3, 0.4) is 0 Å². The Morgan fingerprint density at radius 2 is 2.00 bits per heavy atom. The summed E-state index contributed by atoms with van der Waals surface area (Å²) in [6, 6.07) is 8.25. The molecule has 1 aliphatic rings. The highest BCUT2D eigenvalue weighted by atomic mass is 32.1. The van der Waals surface area contributed by atoms with Crippen molar-refractivity contribution in [2.75, 3.05) is 18.0 Å². The molecule has 1 saturated heterocycles. The summed E-state index contributed by atoms with van der Waals surface area (Å²) in [5.41, 5.74) is 2.36. The van der Waals surface area contributed by atoms with Crippen LogP contribution < -0.4 is 15.5 Å². The fourth-order valence-corrected chi connectivity index (χ4v) is 3.41. The van der Waals surface area contributed by atoms with E-state index in [9.17, 15) is 14.4 Å². The van der Waals surface area contributed by atoms with E-state index in [1.165, 1.54) is 15.3 Å². The molecule has 0 unspecified atom stereocenters. The number of carbonyl (C=O) groups is 3. The van der Waals surface area contributed by atoms with E-state index in [0.29, 0.717) is 17.8 Å². The summed E-state index contributed by atoms with van der Waals surface area (Å²) in [6.45, 7) is 2.64. The van der Waals surface area contributed by atoms with Gasteiger partial charge in [-0.3, -0.25) is 19.8 Å². The first-order chi connectivity index (χ1) is 11.5. The number of nitrogens with one attached hydrogen (secondary N) is 2. The number of benzene rings is 1. The topological polar surface area (TPSA) is 78.5 Å². The zero-order chi connectivity index (χ0) is 17.1. The van der Waals surface area contributed by atoms with Crippen LogP contribution in [0.1, 0.15) is 20.8 Å². The van der Waals surface area contributed by atoms with Gasteiger partial charge in [0.1, 0.15) is 6.54 Å². The molecule has 1 aliphatic heterocycles. The highest BCUT2D eigenvalue weighted by Crippen LogP contribution is 2.18. The summed E-state index contributed by atoms with van der Waals surface area (Å²) in [4.78, 5) is 37.6. The van der Waals surface area contributed by atoms with Crippen molar-refractivity contribution in [2.45, 2.75) is 13.3 Å². The number of amides is 4. The number of urea groups is 1. The first-order valence-corrected chi connectivity index (χ1v) is 8.45. The predicted octanol–water partition coefficient (Wildman–Crippen LogP) is 2.09. The Labute approximate surface area is 143 Å². The quantitative estimate of drug-likeness (QED) is 0.816. The minimum absolute atomic E-state index is 0.00451. The van der Waals surface area contributed by atoms with Gasteiger partial charge in [-0.15, -0.1) is 11.3 Å². The lowest BCUT2D eigenvalue weighted by molar-refractivity contribution is -0.117. The van der Waals surface area contributed by atoms with Crippen molar-refractivity contribution in [1.82, 2.24) is 10.6 Å². The molecule has 0 spiro atoms. The maximum Gasteiger partial charge on any atom is 0.329 e. The van der Waals surface area contributed by atoms with Gasteiger partial charge in [-0.1, -0.05) is 0 Å². The maximum atomic E-state index is 12.2. The van der Waals surface area contributed by atoms with Gasteiger partial charge in [-0.2, -0.15) is 0 Å². The third-order valence-electron chi connectivity index (χ3n) is 3.84. The lowest BCUT2D eigenvalue weighted by Gasteiger charge is -2.13. The van der Waals surface area contributed by atoms with E-state index < -0.39 is 6.03 Å². The lowest BCUT2D eigenvalue weighted by atomic mass is 10.1. The Balaban J connectivity index is 1.57. The molecule has 4 amide bonds. The second kappa shape index (κ2) is 6.84. The van der Waals surface area contributed by atoms with E-state index in [1.807, 2.05) is 5.38 Å². The first-order valence-electron chi connectivity index (χ1n) is 7.57. The van der Waals surface area contributed by atoms with Crippen molar-refractivity contribution in [3.8, 4) is 0 Å². The van der Waals surface area contributed by atoms with Gasteiger partial charge in [0.15, 0.2) is 0 Å². The molecule has 0 aliphatic carbocycles. The summed E-state index contributed by atoms with van der Waals surface area (Å²) in [5, 5.41) is 7.15. The highest BCUT2D eigenvalue weighted by Gasteiger charge is 2.27. The van der Waals surface area contributed by atoms with E-state index >= 15 is 0 Å². The summed E-state index contributed by atoms with van der Waals surface area (Å²) in [7, 11) is 0. The number of thiophene rings is 1. The van der Waals surface area contributed by atoms with Crippen LogP contribution in [0.15, 0.2) is 35.7 Å². The Morgan fingerprint density at radius 3 is 2.58 bits per heavy atom. The smallest absolute Gasteiger partial charge is 0.329 e. The van der Waals surface area contributed by atoms with Crippen molar-refractivity contribution in [2.24, 2.45) is 0 Å². The lowest BCUT2D eigenvalue weighted by Crippen LogP contribution is -2.28. The molecule has 7 heteroatoms. The van der Waals surface area contributed by atoms with Gasteiger partial charge >= 0.3 is 6.03 Å². The maximum absolute atomic E-state index is 12.2. The molecule has 3 rings (SSSR count). The minimum Gasteiger partial charge on any atom is -0.352 e. The molecule has 0 radical (unpaired) electrons. The van der Waals surface area contributed by atoms with Crippen LogP contribution in [-0.2, 0) is 11.2 Å². The molecule has 0 bridgehead atoms. The Bertz CT molecular complexity index is 783. The number of imide groups is 1. The molecule has 124 valence electrons. The van der Waals surface area contributed by atoms with Crippen LogP contribution in [0.2, 0.25) is 0 Å². The number of hydrogen-bond acceptors (Lipinski definition) is 4. The van der Waals surface area contributed by atoms with Crippen molar-refractivity contribution in [3.63, 3.8) is 0 Å². The SMILES string of the molecule is Cc1ccsc1CCNC(=O)c1ccc(N2CC(=O)NC2=O)cc1. The van der Waals surface area contributed by atoms with Crippen molar-refractivity contribution >= 4 is 34.9 Å². The largest absolute Gasteiger partial charge is 0.352 e. The van der Waals surface area contributed by atoms with Gasteiger partial charge in [-0.25, -0.2) is 4.79 Å². The van der Waals surface area contributed by atoms with E-state index in [2.05, 4.69) is 23.6 Å². The molecule has 2 N–H and O–H groups in total. The average molecular weight is 343 g/mol. The minimum atomic E-state index is -0.441. The summed E-state index contributed by atoms with van der Waals surface area (Å²) in [6.07, 6.45) is 0.809. The second-order valence-electron chi connectivity index (χ2n) is 5.52. The third-order valence-corrected chi connectivity index (χ3v) is 4.92. The third kappa shape index (κ3) is 3.46. The van der Waals surface area contributed by atoms with Crippen LogP contribution in [0.4, 0.5) is 10.5 Å². The molecular weight excluding hydrogens is 326 g/mol. The average Bonchev–Trinajstić information content (AvgIpc) is 3.12. The highest BCUT2D eigenvalue weighted by molar-refractivity contribution is 7.10. The van der Waals surface area contributed by atoms with E-state index in [1.54, 1.807) is 35.6 Å². The van der Waals surface area contributed by atoms with Crippen molar-refractivity contribution < 1.29 is 14.4 Å². The predicted molar refractivity (Wildman–Crippen MR) is 92.4 cm³/mol. The van der Waals surface area contributed by atoms with Gasteiger partial charge in [0, 0.05) is 22.7 Å². The van der Waals surface area contributed by atoms with Crippen LogP contribution in [0, 0.1) is 6.92 Å². The zero-order valence-electron chi connectivity index (χ0n) is 13.2. The Morgan fingerprint density at radius 1 is 1.25 bits per heavy atom. The van der Waals surface area contributed by atoms with Gasteiger partial charge in [0.25, 0.3) is 5.91 Å². The van der Waals surface area contributed by atoms with E-state index in [0.717, 1.165) is 6.42 Å². The number of aryl methyl sites for hydroxylation is 1. The van der Waals surface area contributed by atoms with Crippen LogP contribution in [0.5, 0.6) is 0 Å². The molecule has 2 aromatic rings. The van der Waals surface area contributed by atoms with Crippen LogP contribution in [-0.4, -0.2) is 30.9 Å². The molecular formula is C17H17N3O3S. The molecule has 1 fully saturated rings. The standard InChI is InChI=1S/C17H17N3O3S/c1-11-7-9-24-14(11)6-8-18-16(22)12-2-4-13(5-3-12)20-10-15(21)19-17(20)23/h2-5,7,9H,6,8,10H2,1H3,(H,18,22)(H,19,21,23). The molecule has 0 saturated carbocycles. The molecule has 1 aromatic heterocycles. The van der Waals surface area contributed by atoms with E-state index in [-0.39, 0.29) is 18.4 Å². The van der Waals surface area contributed by atoms with E-state index in [4.69, 9.17) is 0 Å². The summed E-state index contributed by atoms with van der Waals surface area (Å²) in [5.74, 6) is -0.483. The van der Waals surface area contributed by atoms with Crippen LogP contribution in [0.25, 0.3) is 0 Å². The van der Waals surface area contributed by atoms with Gasteiger partial charge in [0.05, 0.1) is 0 Å². The van der Waals surface area contributed by atoms with Crippen molar-refractivity contribution in [1.29, 1.82) is 0 Å². The fourth-order valence-electron chi connectivity index (χ4n) is 2.49. The number of nitrogens with zero attached hydrogens (tertiary/aromatic N) is 1. The molecule has 1 aromatic carbocycles. The van der Waals surface area contributed by atoms with Gasteiger partial charge in [-0.05, 0) is 54.6 Å². The summed E-state index contributed by atoms with van der Waals surface area (Å²) < 4.78 is 0. The second-order valence-corrected chi connectivity index (χ2v) is 6.52. The molecule has 24 heavy (non-hydrogen) atoms. The van der Waals surface area contributed by atoms with Crippen LogP contribution >= 0.6 is 11.3 Å². The van der Waals surface area contributed by atoms with Crippen molar-refractivity contribution in [3.05, 3.63) is 51.7 Å². The monoisotopic (exact) mass is 343 g/mol. The molecule has 6 nitrogen and oxygen atoms in total. The number of rotatable bonds is 5. The number of carbonyl (C=O) groups excluding carboxylic acids is 3. The summed E-state index contributed by atoms with van der Waals surface area (Å²) >= 11 is 1.69. The normalized spacial score (nSPS) is 14.0. The molecule has 2 heterocycles.